The third kappa shape index (κ3) is 4.74. The molecule has 1 saturated heterocycles. The van der Waals surface area contributed by atoms with Gasteiger partial charge in [0.15, 0.2) is 6.29 Å². The lowest BCUT2D eigenvalue weighted by Crippen LogP contribution is -2.29. The number of H-pyrrole nitrogens is 1. The highest BCUT2D eigenvalue weighted by atomic mass is 32.1. The van der Waals surface area contributed by atoms with E-state index in [4.69, 9.17) is 21.7 Å². The number of nitrogens with zero attached hydrogens (tertiary/aromatic N) is 1. The molecule has 118 valence electrons. The van der Waals surface area contributed by atoms with Crippen LogP contribution < -0.4 is 5.32 Å². The minimum atomic E-state index is -0.149. The molecule has 2 rings (SSSR count). The van der Waals surface area contributed by atoms with Crippen LogP contribution in [0.4, 0.5) is 5.82 Å². The van der Waals surface area contributed by atoms with Crippen molar-refractivity contribution in [3.63, 3.8) is 0 Å². The first-order valence-corrected chi connectivity index (χ1v) is 7.71. The Kier molecular flexibility index (Phi) is 6.10. The summed E-state index contributed by atoms with van der Waals surface area (Å²) >= 11 is 5.16. The molecule has 2 atom stereocenters. The van der Waals surface area contributed by atoms with Gasteiger partial charge in [0.2, 0.25) is 0 Å². The fourth-order valence-electron chi connectivity index (χ4n) is 2.26. The molecule has 1 fully saturated rings. The number of ether oxygens (including phenoxy) is 2. The van der Waals surface area contributed by atoms with E-state index in [-0.39, 0.29) is 18.9 Å². The predicted octanol–water partition coefficient (Wildman–Crippen LogP) is 2.28. The van der Waals surface area contributed by atoms with Gasteiger partial charge in [-0.15, -0.1) is 0 Å². The van der Waals surface area contributed by atoms with Crippen molar-refractivity contribution in [2.24, 2.45) is 0 Å². The van der Waals surface area contributed by atoms with Crippen molar-refractivity contribution in [2.75, 3.05) is 18.5 Å². The van der Waals surface area contributed by atoms with Gasteiger partial charge in [-0.2, -0.15) is 0 Å². The molecule has 2 heterocycles. The summed E-state index contributed by atoms with van der Waals surface area (Å²) in [5.41, 5.74) is 0.608. The van der Waals surface area contributed by atoms with Crippen molar-refractivity contribution >= 4 is 18.0 Å². The number of anilines is 1. The minimum Gasteiger partial charge on any atom is -0.391 e. The number of rotatable bonds is 6. The van der Waals surface area contributed by atoms with Crippen LogP contribution in [0.5, 0.6) is 0 Å². The highest BCUT2D eigenvalue weighted by Crippen LogP contribution is 2.17. The number of aliphatic hydroxyl groups excluding tert-OH is 1. The van der Waals surface area contributed by atoms with Crippen LogP contribution in [-0.2, 0) is 16.1 Å². The molecule has 0 radical (unpaired) electrons. The Hall–Kier alpha value is -1.02. The van der Waals surface area contributed by atoms with E-state index in [0.29, 0.717) is 28.5 Å². The Labute approximate surface area is 129 Å². The zero-order valence-electron chi connectivity index (χ0n) is 12.5. The summed E-state index contributed by atoms with van der Waals surface area (Å²) in [6, 6.07) is 0.0632. The lowest BCUT2D eigenvalue weighted by atomic mass is 10.2. The molecule has 1 aliphatic heterocycles. The van der Waals surface area contributed by atoms with Crippen molar-refractivity contribution in [3.05, 3.63) is 16.0 Å². The molecular formula is C14H23N3O3S. The molecule has 0 spiro atoms. The van der Waals surface area contributed by atoms with Gasteiger partial charge < -0.3 is 24.9 Å². The van der Waals surface area contributed by atoms with Gasteiger partial charge in [-0.25, -0.2) is 4.98 Å². The number of aromatic amines is 1. The Morgan fingerprint density at radius 1 is 1.57 bits per heavy atom. The molecule has 1 aromatic heterocycles. The SMILES string of the molecule is Cc1nc(=S)c(CO)c(N[C@H](C)COC2CCCCO2)[nH]1. The molecule has 0 bridgehead atoms. The van der Waals surface area contributed by atoms with Gasteiger partial charge >= 0.3 is 0 Å². The standard InChI is InChI=1S/C14H23N3O3S/c1-9(8-20-12-5-3-4-6-19-12)15-13-11(7-18)14(21)17-10(2)16-13/h9,12,18H,3-8H2,1-2H3,(H2,15,16,17,21)/t9-,12?/m1/s1. The topological polar surface area (TPSA) is 79.4 Å². The van der Waals surface area contributed by atoms with E-state index in [1.807, 2.05) is 13.8 Å². The zero-order valence-corrected chi connectivity index (χ0v) is 13.3. The second-order valence-corrected chi connectivity index (χ2v) is 5.70. The molecular weight excluding hydrogens is 290 g/mol. The van der Waals surface area contributed by atoms with E-state index in [1.165, 1.54) is 0 Å². The lowest BCUT2D eigenvalue weighted by Gasteiger charge is -2.25. The third-order valence-electron chi connectivity index (χ3n) is 3.35. The number of aromatic nitrogens is 2. The second-order valence-electron chi connectivity index (χ2n) is 5.31. The molecule has 1 unspecified atom stereocenters. The van der Waals surface area contributed by atoms with Crippen LogP contribution in [0.3, 0.4) is 0 Å². The van der Waals surface area contributed by atoms with Crippen molar-refractivity contribution in [2.45, 2.75) is 52.0 Å². The van der Waals surface area contributed by atoms with Crippen LogP contribution in [0.2, 0.25) is 0 Å². The quantitative estimate of drug-likeness (QED) is 0.699. The van der Waals surface area contributed by atoms with Crippen LogP contribution in [0, 0.1) is 11.6 Å². The molecule has 7 heteroatoms. The maximum atomic E-state index is 9.42. The molecule has 21 heavy (non-hydrogen) atoms. The summed E-state index contributed by atoms with van der Waals surface area (Å²) in [6.45, 7) is 5.00. The average molecular weight is 313 g/mol. The average Bonchev–Trinajstić information content (AvgIpc) is 2.46. The van der Waals surface area contributed by atoms with Crippen molar-refractivity contribution < 1.29 is 14.6 Å². The molecule has 0 saturated carbocycles. The van der Waals surface area contributed by atoms with E-state index in [1.54, 1.807) is 0 Å². The first-order chi connectivity index (χ1) is 10.1. The van der Waals surface area contributed by atoms with Crippen molar-refractivity contribution in [1.29, 1.82) is 0 Å². The number of aliphatic hydroxyl groups is 1. The van der Waals surface area contributed by atoms with E-state index in [2.05, 4.69) is 15.3 Å². The maximum Gasteiger partial charge on any atom is 0.157 e. The summed E-state index contributed by atoms with van der Waals surface area (Å²) in [7, 11) is 0. The Bertz CT molecular complexity index is 515. The van der Waals surface area contributed by atoms with Gasteiger partial charge in [-0.1, -0.05) is 12.2 Å². The first kappa shape index (κ1) is 16.4. The number of nitrogens with one attached hydrogen (secondary N) is 2. The van der Waals surface area contributed by atoms with E-state index < -0.39 is 0 Å². The summed E-state index contributed by atoms with van der Waals surface area (Å²) in [4.78, 5) is 7.24. The van der Waals surface area contributed by atoms with Crippen LogP contribution in [-0.4, -0.2) is 40.6 Å². The summed E-state index contributed by atoms with van der Waals surface area (Å²) in [6.07, 6.45) is 3.11. The smallest absolute Gasteiger partial charge is 0.157 e. The lowest BCUT2D eigenvalue weighted by molar-refractivity contribution is -0.163. The molecule has 1 aromatic rings. The maximum absolute atomic E-state index is 9.42. The van der Waals surface area contributed by atoms with Gasteiger partial charge in [-0.3, -0.25) is 0 Å². The molecule has 0 aromatic carbocycles. The van der Waals surface area contributed by atoms with Crippen molar-refractivity contribution in [1.82, 2.24) is 9.97 Å². The van der Waals surface area contributed by atoms with Crippen LogP contribution in [0.15, 0.2) is 0 Å². The predicted molar refractivity (Wildman–Crippen MR) is 82.7 cm³/mol. The zero-order chi connectivity index (χ0) is 15.2. The number of aryl methyl sites for hydroxylation is 1. The Morgan fingerprint density at radius 2 is 2.38 bits per heavy atom. The van der Waals surface area contributed by atoms with Crippen LogP contribution in [0.25, 0.3) is 0 Å². The highest BCUT2D eigenvalue weighted by Gasteiger charge is 2.16. The largest absolute Gasteiger partial charge is 0.391 e. The minimum absolute atomic E-state index is 0.0632. The summed E-state index contributed by atoms with van der Waals surface area (Å²) in [5, 5.41) is 12.7. The Morgan fingerprint density at radius 3 is 3.05 bits per heavy atom. The highest BCUT2D eigenvalue weighted by molar-refractivity contribution is 7.71. The summed E-state index contributed by atoms with van der Waals surface area (Å²) < 4.78 is 11.7. The monoisotopic (exact) mass is 313 g/mol. The first-order valence-electron chi connectivity index (χ1n) is 7.30. The van der Waals surface area contributed by atoms with Gasteiger partial charge in [0, 0.05) is 12.6 Å². The van der Waals surface area contributed by atoms with Crippen LogP contribution in [0.1, 0.15) is 37.6 Å². The van der Waals surface area contributed by atoms with E-state index >= 15 is 0 Å². The number of hydrogen-bond donors (Lipinski definition) is 3. The molecule has 3 N–H and O–H groups in total. The molecule has 0 aliphatic carbocycles. The normalized spacial score (nSPS) is 20.2. The van der Waals surface area contributed by atoms with Gasteiger partial charge in [0.1, 0.15) is 16.3 Å². The molecule has 0 amide bonds. The van der Waals surface area contributed by atoms with Gasteiger partial charge in [0.05, 0.1) is 18.8 Å². The summed E-state index contributed by atoms with van der Waals surface area (Å²) in [5.74, 6) is 1.42. The van der Waals surface area contributed by atoms with Crippen LogP contribution >= 0.6 is 12.2 Å². The van der Waals surface area contributed by atoms with Gasteiger partial charge in [0.25, 0.3) is 0 Å². The number of hydrogen-bond acceptors (Lipinski definition) is 6. The Balaban J connectivity index is 1.92. The van der Waals surface area contributed by atoms with Gasteiger partial charge in [-0.05, 0) is 33.1 Å². The van der Waals surface area contributed by atoms with Crippen molar-refractivity contribution in [3.8, 4) is 0 Å². The molecule has 1 aliphatic rings. The molecule has 6 nitrogen and oxygen atoms in total. The van der Waals surface area contributed by atoms with E-state index in [0.717, 1.165) is 25.9 Å². The second kappa shape index (κ2) is 7.84. The van der Waals surface area contributed by atoms with E-state index in [9.17, 15) is 5.11 Å². The fourth-order valence-corrected chi connectivity index (χ4v) is 2.57. The fraction of sp³-hybridized carbons (Fsp3) is 0.714. The third-order valence-corrected chi connectivity index (χ3v) is 3.69.